The highest BCUT2D eigenvalue weighted by molar-refractivity contribution is 5.80. The molecule has 1 fully saturated rings. The van der Waals surface area contributed by atoms with Gasteiger partial charge in [0.25, 0.3) is 0 Å². The molecule has 0 bridgehead atoms. The minimum atomic E-state index is -1.65. The molecule has 0 radical (unpaired) electrons. The Morgan fingerprint density at radius 1 is 0.574 bits per heavy atom. The van der Waals surface area contributed by atoms with Crippen molar-refractivity contribution in [3.05, 3.63) is 0 Å². The minimum Gasteiger partial charge on any atom is -0.394 e. The number of carbonyl (C=O) groups excluding carboxylic acids is 1. The van der Waals surface area contributed by atoms with Crippen LogP contribution in [0.4, 0.5) is 0 Å². The molecule has 1 rings (SSSR count). The van der Waals surface area contributed by atoms with E-state index < -0.39 is 74.2 Å². The van der Waals surface area contributed by atoms with Gasteiger partial charge in [0.05, 0.1) is 25.4 Å². The summed E-state index contributed by atoms with van der Waals surface area (Å²) >= 11 is 0. The number of amides is 1. The molecule has 0 saturated carbocycles. The molecule has 8 N–H and O–H groups in total. The van der Waals surface area contributed by atoms with E-state index in [1.165, 1.54) is 122 Å². The van der Waals surface area contributed by atoms with Gasteiger partial charge in [-0.25, -0.2) is 0 Å². The molecular weight excluding hydrogens is 690 g/mol. The normalized spacial score (nSPS) is 22.6. The van der Waals surface area contributed by atoms with Crippen LogP contribution in [0, 0.1) is 0 Å². The summed E-state index contributed by atoms with van der Waals surface area (Å²) in [7, 11) is 0. The molecule has 1 heterocycles. The van der Waals surface area contributed by atoms with Crippen LogP contribution in [0.2, 0.25) is 0 Å². The van der Waals surface area contributed by atoms with Gasteiger partial charge in [0.15, 0.2) is 6.29 Å². The van der Waals surface area contributed by atoms with Gasteiger partial charge in [-0.3, -0.25) is 4.79 Å². The second-order valence-corrected chi connectivity index (χ2v) is 16.1. The van der Waals surface area contributed by atoms with Gasteiger partial charge < -0.3 is 50.5 Å². The first kappa shape index (κ1) is 51.1. The molecular formula is C43H85NO10. The number of aliphatic hydroxyl groups excluding tert-OH is 7. The van der Waals surface area contributed by atoms with E-state index in [0.717, 1.165) is 38.5 Å². The van der Waals surface area contributed by atoms with Crippen LogP contribution in [0.5, 0.6) is 0 Å². The molecule has 9 unspecified atom stereocenters. The number of aliphatic hydroxyl groups is 7. The molecule has 54 heavy (non-hydrogen) atoms. The number of hydrogen-bond acceptors (Lipinski definition) is 10. The lowest BCUT2D eigenvalue weighted by Crippen LogP contribution is -2.60. The highest BCUT2D eigenvalue weighted by atomic mass is 16.7. The number of ether oxygens (including phenoxy) is 2. The Balaban J connectivity index is 2.22. The molecule has 0 spiro atoms. The van der Waals surface area contributed by atoms with Crippen LogP contribution in [0.15, 0.2) is 0 Å². The summed E-state index contributed by atoms with van der Waals surface area (Å²) in [4.78, 5) is 12.9. The summed E-state index contributed by atoms with van der Waals surface area (Å²) in [6.45, 7) is 3.30. The summed E-state index contributed by atoms with van der Waals surface area (Å²) in [6.07, 6.45) is 22.5. The van der Waals surface area contributed by atoms with Crippen molar-refractivity contribution in [1.82, 2.24) is 5.32 Å². The number of rotatable bonds is 37. The molecule has 11 nitrogen and oxygen atoms in total. The maximum absolute atomic E-state index is 12.9. The summed E-state index contributed by atoms with van der Waals surface area (Å²) in [5, 5.41) is 74.8. The zero-order valence-electron chi connectivity index (χ0n) is 34.5. The highest BCUT2D eigenvalue weighted by Gasteiger charge is 2.44. The van der Waals surface area contributed by atoms with E-state index in [1.807, 2.05) is 0 Å². The SMILES string of the molecule is CCCCCCCCCCCCCCCCCCCCCCCCCC(O)C(=O)NC(COC1OC(CO)C(O)C(O)C1O)C(O)C(O)CCCCCC. The Labute approximate surface area is 329 Å². The molecule has 1 aliphatic heterocycles. The van der Waals surface area contributed by atoms with Crippen LogP contribution in [0.1, 0.15) is 200 Å². The van der Waals surface area contributed by atoms with Crippen LogP contribution >= 0.6 is 0 Å². The first-order chi connectivity index (χ1) is 26.2. The largest absolute Gasteiger partial charge is 0.394 e. The smallest absolute Gasteiger partial charge is 0.249 e. The van der Waals surface area contributed by atoms with Gasteiger partial charge in [0.1, 0.15) is 36.6 Å². The summed E-state index contributed by atoms with van der Waals surface area (Å²) < 4.78 is 11.0. The van der Waals surface area contributed by atoms with Crippen molar-refractivity contribution in [2.24, 2.45) is 0 Å². The van der Waals surface area contributed by atoms with Gasteiger partial charge in [-0.05, 0) is 12.8 Å². The Bertz CT molecular complexity index is 851. The molecule has 0 aromatic heterocycles. The minimum absolute atomic E-state index is 0.265. The van der Waals surface area contributed by atoms with Crippen LogP contribution < -0.4 is 5.32 Å². The Kier molecular flexibility index (Phi) is 32.4. The number of carbonyl (C=O) groups is 1. The second-order valence-electron chi connectivity index (χ2n) is 16.1. The molecule has 9 atom stereocenters. The highest BCUT2D eigenvalue weighted by Crippen LogP contribution is 2.23. The predicted octanol–water partition coefficient (Wildman–Crippen LogP) is 6.72. The van der Waals surface area contributed by atoms with Crippen molar-refractivity contribution >= 4 is 5.91 Å². The maximum Gasteiger partial charge on any atom is 0.249 e. The predicted molar refractivity (Wildman–Crippen MR) is 215 cm³/mol. The lowest BCUT2D eigenvalue weighted by molar-refractivity contribution is -0.303. The molecule has 1 amide bonds. The molecule has 11 heteroatoms. The zero-order chi connectivity index (χ0) is 39.8. The van der Waals surface area contributed by atoms with E-state index in [2.05, 4.69) is 19.2 Å². The quantitative estimate of drug-likeness (QED) is 0.0315. The van der Waals surface area contributed by atoms with Gasteiger partial charge in [0, 0.05) is 0 Å². The third-order valence-electron chi connectivity index (χ3n) is 11.2. The third kappa shape index (κ3) is 24.0. The number of nitrogens with one attached hydrogen (secondary N) is 1. The lowest BCUT2D eigenvalue weighted by Gasteiger charge is -2.40. The molecule has 1 aliphatic rings. The average Bonchev–Trinajstić information content (AvgIpc) is 3.17. The Hall–Kier alpha value is -0.890. The lowest BCUT2D eigenvalue weighted by atomic mass is 9.98. The number of hydrogen-bond donors (Lipinski definition) is 8. The van der Waals surface area contributed by atoms with E-state index in [9.17, 15) is 40.5 Å². The van der Waals surface area contributed by atoms with Crippen molar-refractivity contribution in [1.29, 1.82) is 0 Å². The summed E-state index contributed by atoms with van der Waals surface area (Å²) in [5.74, 6) is -0.701. The standard InChI is InChI=1S/C43H85NO10/c1-3-5-7-9-10-11-12-13-14-15-16-17-18-19-20-21-22-23-24-25-26-27-29-31-36(47)42(52)44-34(38(48)35(46)30-28-8-6-4-2)33-53-43-41(51)40(50)39(49)37(32-45)54-43/h34-41,43,45-51H,3-33H2,1-2H3,(H,44,52). The third-order valence-corrected chi connectivity index (χ3v) is 11.2. The van der Waals surface area contributed by atoms with E-state index >= 15 is 0 Å². The molecule has 322 valence electrons. The topological polar surface area (TPSA) is 189 Å². The monoisotopic (exact) mass is 776 g/mol. The fourth-order valence-electron chi connectivity index (χ4n) is 7.38. The van der Waals surface area contributed by atoms with Crippen molar-refractivity contribution in [2.75, 3.05) is 13.2 Å². The maximum atomic E-state index is 12.9. The van der Waals surface area contributed by atoms with Crippen LogP contribution in [-0.2, 0) is 14.3 Å². The van der Waals surface area contributed by atoms with Gasteiger partial charge in [-0.15, -0.1) is 0 Å². The summed E-state index contributed by atoms with van der Waals surface area (Å²) in [5.41, 5.74) is 0. The van der Waals surface area contributed by atoms with Crippen molar-refractivity contribution in [3.8, 4) is 0 Å². The average molecular weight is 776 g/mol. The molecule has 0 aliphatic carbocycles. The molecule has 1 saturated heterocycles. The van der Waals surface area contributed by atoms with Gasteiger partial charge in [0.2, 0.25) is 5.91 Å². The van der Waals surface area contributed by atoms with E-state index in [-0.39, 0.29) is 6.42 Å². The van der Waals surface area contributed by atoms with Crippen molar-refractivity contribution in [3.63, 3.8) is 0 Å². The summed E-state index contributed by atoms with van der Waals surface area (Å²) in [6, 6.07) is -1.16. The van der Waals surface area contributed by atoms with Gasteiger partial charge in [-0.1, -0.05) is 187 Å². The van der Waals surface area contributed by atoms with Gasteiger partial charge >= 0.3 is 0 Å². The molecule has 0 aromatic carbocycles. The first-order valence-corrected chi connectivity index (χ1v) is 22.4. The van der Waals surface area contributed by atoms with Crippen molar-refractivity contribution in [2.45, 2.75) is 255 Å². The number of unbranched alkanes of at least 4 members (excludes halogenated alkanes) is 25. The fourth-order valence-corrected chi connectivity index (χ4v) is 7.38. The first-order valence-electron chi connectivity index (χ1n) is 22.4. The van der Waals surface area contributed by atoms with E-state index in [1.54, 1.807) is 0 Å². The van der Waals surface area contributed by atoms with Gasteiger partial charge in [-0.2, -0.15) is 0 Å². The Morgan fingerprint density at radius 3 is 1.39 bits per heavy atom. The molecule has 0 aromatic rings. The Morgan fingerprint density at radius 2 is 0.963 bits per heavy atom. The van der Waals surface area contributed by atoms with E-state index in [0.29, 0.717) is 19.3 Å². The van der Waals surface area contributed by atoms with Crippen LogP contribution in [0.25, 0.3) is 0 Å². The van der Waals surface area contributed by atoms with Crippen LogP contribution in [0.3, 0.4) is 0 Å². The zero-order valence-corrected chi connectivity index (χ0v) is 34.5. The van der Waals surface area contributed by atoms with Crippen molar-refractivity contribution < 1.29 is 50.0 Å². The second kappa shape index (κ2) is 34.2. The van der Waals surface area contributed by atoms with Crippen LogP contribution in [-0.4, -0.2) is 110 Å². The van der Waals surface area contributed by atoms with E-state index in [4.69, 9.17) is 9.47 Å². The fraction of sp³-hybridized carbons (Fsp3) is 0.977.